The van der Waals surface area contributed by atoms with Gasteiger partial charge in [0.05, 0.1) is 11.0 Å². The van der Waals surface area contributed by atoms with Crippen molar-refractivity contribution in [2.45, 2.75) is 19.2 Å². The molecule has 3 aromatic rings. The van der Waals surface area contributed by atoms with E-state index in [1.165, 1.54) is 18.2 Å². The first-order chi connectivity index (χ1) is 18.1. The van der Waals surface area contributed by atoms with Gasteiger partial charge in [0.15, 0.2) is 0 Å². The van der Waals surface area contributed by atoms with Gasteiger partial charge in [0.1, 0.15) is 35.4 Å². The highest BCUT2D eigenvalue weighted by Crippen LogP contribution is 2.58. The number of nitrogens with zero attached hydrogens (tertiary/aromatic N) is 1. The molecule has 0 spiro atoms. The van der Waals surface area contributed by atoms with Gasteiger partial charge in [0.25, 0.3) is 0 Å². The van der Waals surface area contributed by atoms with Crippen LogP contribution in [0, 0.1) is 17.2 Å². The second-order valence-electron chi connectivity index (χ2n) is 10.0. The molecule has 1 aromatic heterocycles. The molecule has 6 rings (SSSR count). The Bertz CT molecular complexity index is 1430. The highest BCUT2D eigenvalue weighted by Gasteiger charge is 2.65. The van der Waals surface area contributed by atoms with Crippen molar-refractivity contribution in [2.24, 2.45) is 11.3 Å². The fraction of sp³-hybridized carbons (Fsp3) is 0.321. The van der Waals surface area contributed by atoms with Gasteiger partial charge in [-0.2, -0.15) is 13.2 Å². The van der Waals surface area contributed by atoms with Crippen molar-refractivity contribution in [2.75, 3.05) is 26.2 Å². The van der Waals surface area contributed by atoms with Crippen LogP contribution in [-0.4, -0.2) is 42.2 Å². The number of rotatable bonds is 7. The van der Waals surface area contributed by atoms with Crippen LogP contribution in [0.2, 0.25) is 0 Å². The lowest BCUT2D eigenvalue weighted by Crippen LogP contribution is -2.31. The molecule has 2 aliphatic heterocycles. The summed E-state index contributed by atoms with van der Waals surface area (Å²) >= 11 is 0.608. The monoisotopic (exact) mass is 545 g/mol. The molecule has 2 fully saturated rings. The smallest absolute Gasteiger partial charge is 0.426 e. The number of halogens is 4. The number of alkyl halides is 3. The van der Waals surface area contributed by atoms with Gasteiger partial charge in [-0.15, -0.1) is 11.3 Å². The van der Waals surface area contributed by atoms with Crippen LogP contribution >= 0.6 is 11.3 Å². The minimum absolute atomic E-state index is 0.0869. The van der Waals surface area contributed by atoms with E-state index >= 15 is 0 Å². The zero-order valence-corrected chi connectivity index (χ0v) is 20.9. The van der Waals surface area contributed by atoms with Gasteiger partial charge in [0, 0.05) is 42.2 Å². The Morgan fingerprint density at radius 1 is 1.21 bits per heavy atom. The van der Waals surface area contributed by atoms with Gasteiger partial charge in [-0.3, -0.25) is 9.69 Å². The first-order valence-electron chi connectivity index (χ1n) is 12.1. The molecule has 2 aromatic carbocycles. The topological polar surface area (TPSA) is 59.0 Å². The molecule has 3 aliphatic rings. The predicted octanol–water partition coefficient (Wildman–Crippen LogP) is 6.33. The zero-order chi connectivity index (χ0) is 26.7. The minimum Gasteiger partial charge on any atom is -0.488 e. The largest absolute Gasteiger partial charge is 0.488 e. The average Bonchev–Trinajstić information content (AvgIpc) is 3.22. The van der Waals surface area contributed by atoms with Crippen LogP contribution < -0.4 is 9.47 Å². The number of piperidine rings is 1. The van der Waals surface area contributed by atoms with Crippen molar-refractivity contribution in [3.8, 4) is 22.6 Å². The van der Waals surface area contributed by atoms with Crippen molar-refractivity contribution >= 4 is 23.4 Å². The van der Waals surface area contributed by atoms with Crippen molar-refractivity contribution in [1.29, 1.82) is 0 Å². The van der Waals surface area contributed by atoms with Crippen LogP contribution in [0.25, 0.3) is 17.2 Å². The number of carbonyl (C=O) groups is 1. The Morgan fingerprint density at radius 2 is 2.00 bits per heavy atom. The number of likely N-dealkylation sites (tertiary alicyclic amines) is 1. The second kappa shape index (κ2) is 9.13. The molecular weight excluding hydrogens is 522 g/mol. The maximum atomic E-state index is 15.0. The molecule has 198 valence electrons. The van der Waals surface area contributed by atoms with E-state index in [1.54, 1.807) is 36.4 Å². The molecule has 0 amide bonds. The lowest BCUT2D eigenvalue weighted by atomic mass is 10.1. The van der Waals surface area contributed by atoms with Crippen LogP contribution in [0.5, 0.6) is 11.5 Å². The van der Waals surface area contributed by atoms with E-state index in [1.807, 2.05) is 0 Å². The summed E-state index contributed by atoms with van der Waals surface area (Å²) in [6, 6.07) is 12.5. The molecule has 0 radical (unpaired) electrons. The van der Waals surface area contributed by atoms with Crippen molar-refractivity contribution in [3.63, 3.8) is 0 Å². The summed E-state index contributed by atoms with van der Waals surface area (Å²) in [4.78, 5) is 13.3. The number of fused-ring (bicyclic) bond motifs is 2. The lowest BCUT2D eigenvalue weighted by Gasteiger charge is -2.24. The summed E-state index contributed by atoms with van der Waals surface area (Å²) in [5.74, 6) is -0.691. The summed E-state index contributed by atoms with van der Waals surface area (Å²) in [6.07, 6.45) is -2.07. The van der Waals surface area contributed by atoms with Gasteiger partial charge in [-0.25, -0.2) is 4.39 Å². The number of hydrogen-bond acceptors (Lipinski definition) is 5. The summed E-state index contributed by atoms with van der Waals surface area (Å²) in [5, 5.41) is 9.47. The Balaban J connectivity index is 1.15. The molecule has 1 N–H and O–H groups in total. The van der Waals surface area contributed by atoms with Gasteiger partial charge in [0.2, 0.25) is 0 Å². The van der Waals surface area contributed by atoms with Gasteiger partial charge in [-0.1, -0.05) is 30.3 Å². The van der Waals surface area contributed by atoms with Gasteiger partial charge in [-0.05, 0) is 35.6 Å². The lowest BCUT2D eigenvalue weighted by molar-refractivity contribution is -0.143. The molecule has 0 unspecified atom stereocenters. The molecule has 5 nitrogen and oxygen atoms in total. The number of ether oxygens (including phenoxy) is 2. The predicted molar refractivity (Wildman–Crippen MR) is 134 cm³/mol. The van der Waals surface area contributed by atoms with Crippen LogP contribution in [0.4, 0.5) is 17.6 Å². The van der Waals surface area contributed by atoms with E-state index in [0.717, 1.165) is 5.57 Å². The first kappa shape index (κ1) is 24.9. The van der Waals surface area contributed by atoms with Crippen molar-refractivity contribution in [1.82, 2.24) is 4.90 Å². The maximum Gasteiger partial charge on any atom is 0.426 e. The summed E-state index contributed by atoms with van der Waals surface area (Å²) in [6.45, 7) is 1.78. The van der Waals surface area contributed by atoms with Crippen LogP contribution in [0.15, 0.2) is 54.1 Å². The maximum absolute atomic E-state index is 15.0. The Labute approximate surface area is 219 Å². The fourth-order valence-corrected chi connectivity index (χ4v) is 6.42. The molecule has 2 atom stereocenters. The summed E-state index contributed by atoms with van der Waals surface area (Å²) in [5.41, 5.74) is 1.04. The minimum atomic E-state index is -4.51. The van der Waals surface area contributed by atoms with Gasteiger partial charge < -0.3 is 14.6 Å². The standard InChI is InChI=1S/C28H23F4NO4S/c29-23-7-19(36-14-20-9-21(17-4-2-1-3-5-17)25(38-20)28(30,31)32)8-24-22(23)6-16(13-37-24)11-33-12-18-10-27(18,15-33)26(34)35/h1-9,18H,10-15H2,(H,34,35)/t18-,27-/m1/s1. The number of benzene rings is 2. The molecule has 3 heterocycles. The van der Waals surface area contributed by atoms with E-state index in [2.05, 4.69) is 4.90 Å². The van der Waals surface area contributed by atoms with E-state index in [-0.39, 0.29) is 36.0 Å². The number of hydrogen-bond donors (Lipinski definition) is 1. The third-order valence-electron chi connectivity index (χ3n) is 7.40. The number of carboxylic acids is 1. The summed E-state index contributed by atoms with van der Waals surface area (Å²) in [7, 11) is 0. The number of thiophene rings is 1. The third kappa shape index (κ3) is 4.56. The third-order valence-corrected chi connectivity index (χ3v) is 8.56. The highest BCUT2D eigenvalue weighted by atomic mass is 32.1. The normalized spacial score (nSPS) is 22.3. The fourth-order valence-electron chi connectivity index (χ4n) is 5.46. The molecule has 1 saturated carbocycles. The highest BCUT2D eigenvalue weighted by molar-refractivity contribution is 7.12. The SMILES string of the molecule is O=C(O)[C@@]12C[C@@H]1CN(CC1=Cc3c(F)cc(OCc4cc(-c5ccccc5)c(C(F)(F)F)s4)cc3OC1)C2. The molecule has 10 heteroatoms. The number of aliphatic carboxylic acids is 1. The van der Waals surface area contributed by atoms with Crippen LogP contribution in [-0.2, 0) is 17.6 Å². The average molecular weight is 546 g/mol. The van der Waals surface area contributed by atoms with Gasteiger partial charge >= 0.3 is 12.1 Å². The Morgan fingerprint density at radius 3 is 2.71 bits per heavy atom. The molecule has 1 saturated heterocycles. The van der Waals surface area contributed by atoms with E-state index in [4.69, 9.17) is 9.47 Å². The summed E-state index contributed by atoms with van der Waals surface area (Å²) < 4.78 is 67.4. The Kier molecular flexibility index (Phi) is 5.99. The quantitative estimate of drug-likeness (QED) is 0.352. The van der Waals surface area contributed by atoms with Crippen molar-refractivity contribution in [3.05, 3.63) is 75.2 Å². The number of carboxylic acid groups (broad SMARTS) is 1. The second-order valence-corrected chi connectivity index (χ2v) is 11.2. The van der Waals surface area contributed by atoms with Crippen LogP contribution in [0.3, 0.4) is 0 Å². The first-order valence-corrected chi connectivity index (χ1v) is 12.9. The van der Waals surface area contributed by atoms with E-state index in [9.17, 15) is 27.5 Å². The molecule has 38 heavy (non-hydrogen) atoms. The van der Waals surface area contributed by atoms with E-state index in [0.29, 0.717) is 53.6 Å². The molecule has 1 aliphatic carbocycles. The van der Waals surface area contributed by atoms with E-state index < -0.39 is 28.3 Å². The Hall–Kier alpha value is -3.37. The zero-order valence-electron chi connectivity index (χ0n) is 20.1. The molecular formula is C28H23F4NO4S. The molecule has 0 bridgehead atoms. The van der Waals surface area contributed by atoms with Crippen molar-refractivity contribution < 1.29 is 36.9 Å². The van der Waals surface area contributed by atoms with Crippen LogP contribution in [0.1, 0.15) is 21.7 Å².